The van der Waals surface area contributed by atoms with E-state index in [4.69, 9.17) is 16.7 Å². The van der Waals surface area contributed by atoms with Gasteiger partial charge < -0.3 is 15.7 Å². The standard InChI is InChI=1S/C12H16ClN3O3/c1-12(2,3)16-10(17)6-15-9-4-7(11(18)19)8(13)5-14-9/h4-5H,6H2,1-3H3,(H,14,15)(H,16,17)(H,18,19). The van der Waals surface area contributed by atoms with Crippen LogP contribution in [-0.2, 0) is 4.79 Å². The molecule has 3 N–H and O–H groups in total. The summed E-state index contributed by atoms with van der Waals surface area (Å²) in [5.74, 6) is -1.07. The number of carbonyl (C=O) groups is 2. The predicted octanol–water partition coefficient (Wildman–Crippen LogP) is 1.76. The molecule has 0 aromatic carbocycles. The van der Waals surface area contributed by atoms with Gasteiger partial charge in [-0.15, -0.1) is 0 Å². The molecule has 7 heteroatoms. The quantitative estimate of drug-likeness (QED) is 0.784. The van der Waals surface area contributed by atoms with E-state index in [0.29, 0.717) is 0 Å². The Morgan fingerprint density at radius 1 is 1.42 bits per heavy atom. The maximum Gasteiger partial charge on any atom is 0.337 e. The summed E-state index contributed by atoms with van der Waals surface area (Å²) < 4.78 is 0. The van der Waals surface area contributed by atoms with Gasteiger partial charge >= 0.3 is 5.97 Å². The normalized spacial score (nSPS) is 10.9. The summed E-state index contributed by atoms with van der Waals surface area (Å²) in [5.41, 5.74) is -0.381. The number of carboxylic acid groups (broad SMARTS) is 1. The van der Waals surface area contributed by atoms with Crippen LogP contribution in [0.2, 0.25) is 5.02 Å². The first-order valence-electron chi connectivity index (χ1n) is 5.63. The highest BCUT2D eigenvalue weighted by molar-refractivity contribution is 6.33. The van der Waals surface area contributed by atoms with Crippen molar-refractivity contribution in [3.8, 4) is 0 Å². The second-order valence-electron chi connectivity index (χ2n) is 5.01. The van der Waals surface area contributed by atoms with Crippen LogP contribution in [0.1, 0.15) is 31.1 Å². The number of anilines is 1. The summed E-state index contributed by atoms with van der Waals surface area (Å²) in [7, 11) is 0. The Balaban J connectivity index is 2.66. The summed E-state index contributed by atoms with van der Waals surface area (Å²) in [6.07, 6.45) is 1.23. The lowest BCUT2D eigenvalue weighted by molar-refractivity contribution is -0.120. The summed E-state index contributed by atoms with van der Waals surface area (Å²) in [5, 5.41) is 14.5. The molecule has 0 aliphatic carbocycles. The fourth-order valence-corrected chi connectivity index (χ4v) is 1.52. The van der Waals surface area contributed by atoms with Crippen LogP contribution < -0.4 is 10.6 Å². The highest BCUT2D eigenvalue weighted by Gasteiger charge is 2.14. The van der Waals surface area contributed by atoms with Crippen molar-refractivity contribution in [1.82, 2.24) is 10.3 Å². The molecular formula is C12H16ClN3O3. The monoisotopic (exact) mass is 285 g/mol. The van der Waals surface area contributed by atoms with Crippen LogP contribution in [0.3, 0.4) is 0 Å². The van der Waals surface area contributed by atoms with Crippen molar-refractivity contribution < 1.29 is 14.7 Å². The molecule has 0 radical (unpaired) electrons. The first-order valence-corrected chi connectivity index (χ1v) is 6.00. The van der Waals surface area contributed by atoms with E-state index in [1.165, 1.54) is 12.3 Å². The van der Waals surface area contributed by atoms with Crippen molar-refractivity contribution in [1.29, 1.82) is 0 Å². The fraction of sp³-hybridized carbons (Fsp3) is 0.417. The molecule has 1 aromatic heterocycles. The minimum absolute atomic E-state index is 0.00492. The number of nitrogens with zero attached hydrogens (tertiary/aromatic N) is 1. The van der Waals surface area contributed by atoms with E-state index < -0.39 is 5.97 Å². The molecule has 1 amide bonds. The van der Waals surface area contributed by atoms with Crippen molar-refractivity contribution in [2.45, 2.75) is 26.3 Å². The summed E-state index contributed by atoms with van der Waals surface area (Å²) in [4.78, 5) is 26.4. The van der Waals surface area contributed by atoms with Crippen LogP contribution in [0.4, 0.5) is 5.82 Å². The first kappa shape index (κ1) is 15.2. The minimum Gasteiger partial charge on any atom is -0.478 e. The number of halogens is 1. The van der Waals surface area contributed by atoms with Gasteiger partial charge in [0.2, 0.25) is 5.91 Å². The smallest absolute Gasteiger partial charge is 0.337 e. The van der Waals surface area contributed by atoms with Gasteiger partial charge in [0.25, 0.3) is 0 Å². The zero-order valence-electron chi connectivity index (χ0n) is 11.0. The van der Waals surface area contributed by atoms with Gasteiger partial charge in [0, 0.05) is 11.7 Å². The van der Waals surface area contributed by atoms with Crippen molar-refractivity contribution in [3.05, 3.63) is 22.8 Å². The largest absolute Gasteiger partial charge is 0.478 e. The topological polar surface area (TPSA) is 91.3 Å². The molecule has 0 saturated carbocycles. The van der Waals surface area contributed by atoms with E-state index in [9.17, 15) is 9.59 Å². The molecule has 0 unspecified atom stereocenters. The Labute approximate surface area is 116 Å². The number of nitrogens with one attached hydrogen (secondary N) is 2. The third-order valence-corrected chi connectivity index (χ3v) is 2.33. The summed E-state index contributed by atoms with van der Waals surface area (Å²) in [6.45, 7) is 5.61. The molecule has 1 aromatic rings. The number of carbonyl (C=O) groups excluding carboxylic acids is 1. The second kappa shape index (κ2) is 5.88. The molecule has 1 heterocycles. The SMILES string of the molecule is CC(C)(C)NC(=O)CNc1cc(C(=O)O)c(Cl)cn1. The molecule has 0 bridgehead atoms. The van der Waals surface area contributed by atoms with E-state index >= 15 is 0 Å². The Hall–Kier alpha value is -1.82. The number of rotatable bonds is 4. The summed E-state index contributed by atoms with van der Waals surface area (Å²) in [6, 6.07) is 1.29. The van der Waals surface area contributed by atoms with E-state index in [1.807, 2.05) is 20.8 Å². The molecule has 0 fully saturated rings. The van der Waals surface area contributed by atoms with Gasteiger partial charge in [-0.3, -0.25) is 4.79 Å². The third-order valence-electron chi connectivity index (χ3n) is 2.03. The van der Waals surface area contributed by atoms with Crippen LogP contribution in [0.15, 0.2) is 12.3 Å². The lowest BCUT2D eigenvalue weighted by atomic mass is 10.1. The zero-order valence-corrected chi connectivity index (χ0v) is 11.7. The molecule has 0 spiro atoms. The van der Waals surface area contributed by atoms with Crippen molar-refractivity contribution in [2.24, 2.45) is 0 Å². The van der Waals surface area contributed by atoms with Crippen LogP contribution in [0.5, 0.6) is 0 Å². The van der Waals surface area contributed by atoms with E-state index in [1.54, 1.807) is 0 Å². The molecular weight excluding hydrogens is 270 g/mol. The first-order chi connectivity index (χ1) is 8.69. The highest BCUT2D eigenvalue weighted by atomic mass is 35.5. The molecule has 104 valence electrons. The zero-order chi connectivity index (χ0) is 14.6. The van der Waals surface area contributed by atoms with Gasteiger partial charge in [-0.2, -0.15) is 0 Å². The van der Waals surface area contributed by atoms with Gasteiger partial charge in [0.15, 0.2) is 0 Å². The summed E-state index contributed by atoms with van der Waals surface area (Å²) >= 11 is 5.69. The molecule has 0 aliphatic rings. The van der Waals surface area contributed by atoms with Crippen LogP contribution in [0, 0.1) is 0 Å². The number of aromatic carboxylic acids is 1. The van der Waals surface area contributed by atoms with Gasteiger partial charge in [0.05, 0.1) is 17.1 Å². The van der Waals surface area contributed by atoms with Gasteiger partial charge in [0.1, 0.15) is 5.82 Å². The Morgan fingerprint density at radius 3 is 2.58 bits per heavy atom. The lowest BCUT2D eigenvalue weighted by Gasteiger charge is -2.20. The molecule has 0 saturated heterocycles. The fourth-order valence-electron chi connectivity index (χ4n) is 1.33. The maximum absolute atomic E-state index is 11.6. The predicted molar refractivity (Wildman–Crippen MR) is 72.6 cm³/mol. The molecule has 0 aliphatic heterocycles. The number of hydrogen-bond acceptors (Lipinski definition) is 4. The van der Waals surface area contributed by atoms with Crippen LogP contribution in [0.25, 0.3) is 0 Å². The average molecular weight is 286 g/mol. The number of pyridine rings is 1. The highest BCUT2D eigenvalue weighted by Crippen LogP contribution is 2.17. The number of amides is 1. The van der Waals surface area contributed by atoms with Gasteiger partial charge in [-0.25, -0.2) is 9.78 Å². The molecule has 19 heavy (non-hydrogen) atoms. The lowest BCUT2D eigenvalue weighted by Crippen LogP contribution is -2.43. The molecule has 6 nitrogen and oxygen atoms in total. The average Bonchev–Trinajstić information content (AvgIpc) is 2.25. The number of aromatic nitrogens is 1. The second-order valence-corrected chi connectivity index (χ2v) is 5.41. The molecule has 0 atom stereocenters. The maximum atomic E-state index is 11.6. The Morgan fingerprint density at radius 2 is 2.05 bits per heavy atom. The minimum atomic E-state index is -1.14. The molecule has 1 rings (SSSR count). The Bertz CT molecular complexity index is 497. The third kappa shape index (κ3) is 5.13. The van der Waals surface area contributed by atoms with Crippen molar-refractivity contribution >= 4 is 29.3 Å². The number of carboxylic acids is 1. The Kier molecular flexibility index (Phi) is 4.72. The van der Waals surface area contributed by atoms with Crippen LogP contribution >= 0.6 is 11.6 Å². The van der Waals surface area contributed by atoms with Crippen molar-refractivity contribution in [2.75, 3.05) is 11.9 Å². The van der Waals surface area contributed by atoms with Gasteiger partial charge in [-0.1, -0.05) is 11.6 Å². The van der Waals surface area contributed by atoms with E-state index in [0.717, 1.165) is 0 Å². The van der Waals surface area contributed by atoms with E-state index in [2.05, 4.69) is 15.6 Å². The van der Waals surface area contributed by atoms with E-state index in [-0.39, 0.29) is 34.4 Å². The van der Waals surface area contributed by atoms with Crippen LogP contribution in [-0.4, -0.2) is 34.1 Å². The van der Waals surface area contributed by atoms with Gasteiger partial charge in [-0.05, 0) is 26.8 Å². The number of hydrogen-bond donors (Lipinski definition) is 3. The van der Waals surface area contributed by atoms with Crippen molar-refractivity contribution in [3.63, 3.8) is 0 Å².